The molecule has 2 N–H and O–H groups in total. The Balaban J connectivity index is 3.87. The average Bonchev–Trinajstić information content (AvgIpc) is 2.22. The lowest BCUT2D eigenvalue weighted by molar-refractivity contribution is -0.174. The number of amides is 1. The van der Waals surface area contributed by atoms with E-state index in [1.54, 1.807) is 20.8 Å². The molecule has 0 radical (unpaired) electrons. The molecule has 0 rings (SSSR count). The normalized spacial score (nSPS) is 14.4. The number of ether oxygens (including phenoxy) is 2. The van der Waals surface area contributed by atoms with Gasteiger partial charge in [-0.25, -0.2) is 9.00 Å². The second-order valence-electron chi connectivity index (χ2n) is 4.93. The second kappa shape index (κ2) is 8.11. The second-order valence-corrected chi connectivity index (χ2v) is 5.99. The van der Waals surface area contributed by atoms with Gasteiger partial charge in [0.05, 0.1) is 11.2 Å². The summed E-state index contributed by atoms with van der Waals surface area (Å²) in [6.07, 6.45) is -1.37. The third-order valence-corrected chi connectivity index (χ3v) is 2.56. The van der Waals surface area contributed by atoms with Crippen LogP contribution in [0.25, 0.3) is 0 Å². The van der Waals surface area contributed by atoms with E-state index in [4.69, 9.17) is 14.0 Å². The molecule has 0 spiro atoms. The molecule has 8 heteroatoms. The van der Waals surface area contributed by atoms with Crippen LogP contribution in [-0.4, -0.2) is 39.4 Å². The number of esters is 1. The van der Waals surface area contributed by atoms with E-state index in [1.807, 2.05) is 0 Å². The minimum atomic E-state index is -1.87. The molecule has 112 valence electrons. The Morgan fingerprint density at radius 1 is 1.32 bits per heavy atom. The van der Waals surface area contributed by atoms with Gasteiger partial charge in [0, 0.05) is 13.5 Å². The Morgan fingerprint density at radius 3 is 2.37 bits per heavy atom. The number of nitrogens with one attached hydrogen (secondary N) is 1. The first-order valence-electron chi connectivity index (χ1n) is 5.86. The predicted molar refractivity (Wildman–Crippen MR) is 69.7 cm³/mol. The Kier molecular flexibility index (Phi) is 7.62. The molecular weight excluding hydrogens is 274 g/mol. The molecule has 0 aromatic rings. The topological polar surface area (TPSA) is 102 Å². The zero-order valence-electron chi connectivity index (χ0n) is 11.6. The minimum absolute atomic E-state index is 0.0782. The summed E-state index contributed by atoms with van der Waals surface area (Å²) < 4.78 is 28.6. The first kappa shape index (κ1) is 17.8. The molecule has 0 aromatic carbocycles. The SMILES string of the molecule is CC(OC(=O)NCCCS(=O)O)OC(=O)C(C)(C)C. The zero-order valence-corrected chi connectivity index (χ0v) is 12.4. The van der Waals surface area contributed by atoms with Crippen LogP contribution >= 0.6 is 0 Å². The highest BCUT2D eigenvalue weighted by Crippen LogP contribution is 2.16. The van der Waals surface area contributed by atoms with Crippen molar-refractivity contribution in [3.8, 4) is 0 Å². The molecule has 0 aliphatic carbocycles. The third-order valence-electron chi connectivity index (χ3n) is 1.92. The first-order valence-corrected chi connectivity index (χ1v) is 7.13. The van der Waals surface area contributed by atoms with Gasteiger partial charge in [-0.15, -0.1) is 0 Å². The number of hydrogen-bond donors (Lipinski definition) is 2. The largest absolute Gasteiger partial charge is 0.425 e. The van der Waals surface area contributed by atoms with E-state index in [0.29, 0.717) is 6.42 Å². The van der Waals surface area contributed by atoms with E-state index in [2.05, 4.69) is 5.32 Å². The highest BCUT2D eigenvalue weighted by atomic mass is 32.2. The summed E-state index contributed by atoms with van der Waals surface area (Å²) in [5.41, 5.74) is -0.667. The number of alkyl carbamates (subject to hydrolysis) is 1. The van der Waals surface area contributed by atoms with Crippen molar-refractivity contribution in [3.05, 3.63) is 0 Å². The quantitative estimate of drug-likeness (QED) is 0.331. The number of carbonyl (C=O) groups is 2. The third kappa shape index (κ3) is 9.43. The summed E-state index contributed by atoms with van der Waals surface area (Å²) in [5.74, 6) is -0.391. The Morgan fingerprint density at radius 2 is 1.89 bits per heavy atom. The van der Waals surface area contributed by atoms with Crippen molar-refractivity contribution in [2.75, 3.05) is 12.3 Å². The highest BCUT2D eigenvalue weighted by Gasteiger charge is 2.26. The molecule has 0 fully saturated rings. The van der Waals surface area contributed by atoms with Crippen molar-refractivity contribution < 1.29 is 27.8 Å². The van der Waals surface area contributed by atoms with E-state index in [1.165, 1.54) is 6.92 Å². The van der Waals surface area contributed by atoms with E-state index in [0.717, 1.165) is 0 Å². The van der Waals surface area contributed by atoms with Gasteiger partial charge in [0.25, 0.3) is 0 Å². The predicted octanol–water partition coefficient (Wildman–Crippen LogP) is 1.26. The van der Waals surface area contributed by atoms with Crippen LogP contribution in [0, 0.1) is 5.41 Å². The van der Waals surface area contributed by atoms with Crippen molar-refractivity contribution in [1.82, 2.24) is 5.32 Å². The lowest BCUT2D eigenvalue weighted by Gasteiger charge is -2.20. The van der Waals surface area contributed by atoms with Gasteiger partial charge < -0.3 is 19.3 Å². The van der Waals surface area contributed by atoms with Crippen LogP contribution < -0.4 is 5.32 Å². The van der Waals surface area contributed by atoms with E-state index >= 15 is 0 Å². The monoisotopic (exact) mass is 295 g/mol. The number of carbonyl (C=O) groups excluding carboxylic acids is 2. The fourth-order valence-corrected chi connectivity index (χ4v) is 1.32. The Labute approximate surface area is 115 Å². The van der Waals surface area contributed by atoms with Crippen LogP contribution in [0.5, 0.6) is 0 Å². The molecule has 0 aromatic heterocycles. The van der Waals surface area contributed by atoms with Gasteiger partial charge in [-0.05, 0) is 27.2 Å². The summed E-state index contributed by atoms with van der Waals surface area (Å²) in [6.45, 7) is 6.72. The van der Waals surface area contributed by atoms with Gasteiger partial charge in [-0.2, -0.15) is 0 Å². The van der Waals surface area contributed by atoms with Gasteiger partial charge in [0.15, 0.2) is 11.1 Å². The lowest BCUT2D eigenvalue weighted by Crippen LogP contribution is -2.33. The lowest BCUT2D eigenvalue weighted by atomic mass is 9.97. The van der Waals surface area contributed by atoms with E-state index in [-0.39, 0.29) is 12.3 Å². The fraction of sp³-hybridized carbons (Fsp3) is 0.818. The number of rotatable bonds is 6. The number of hydrogen-bond acceptors (Lipinski definition) is 5. The Hall–Kier alpha value is -1.15. The zero-order chi connectivity index (χ0) is 15.1. The van der Waals surface area contributed by atoms with Gasteiger partial charge in [-0.1, -0.05) is 0 Å². The molecule has 0 bridgehead atoms. The molecular formula is C11H21NO6S. The average molecular weight is 295 g/mol. The van der Waals surface area contributed by atoms with Crippen LogP contribution in [-0.2, 0) is 25.3 Å². The van der Waals surface area contributed by atoms with Crippen molar-refractivity contribution in [1.29, 1.82) is 0 Å². The van der Waals surface area contributed by atoms with Crippen LogP contribution in [0.2, 0.25) is 0 Å². The van der Waals surface area contributed by atoms with E-state index in [9.17, 15) is 13.8 Å². The Bertz CT molecular complexity index is 339. The summed E-state index contributed by atoms with van der Waals surface area (Å²) >= 11 is -1.87. The maximum Gasteiger partial charge on any atom is 0.410 e. The van der Waals surface area contributed by atoms with Gasteiger partial charge in [0.2, 0.25) is 6.29 Å². The molecule has 1 amide bonds. The molecule has 0 heterocycles. The molecule has 0 aliphatic rings. The standard InChI is InChI=1S/C11H21NO6S/c1-8(17-9(13)11(2,3)4)18-10(14)12-6-5-7-19(15)16/h8H,5-7H2,1-4H3,(H,12,14)(H,15,16). The minimum Gasteiger partial charge on any atom is -0.425 e. The highest BCUT2D eigenvalue weighted by molar-refractivity contribution is 7.79. The van der Waals surface area contributed by atoms with Crippen molar-refractivity contribution >= 4 is 23.1 Å². The molecule has 0 aliphatic heterocycles. The van der Waals surface area contributed by atoms with E-state index < -0.39 is 34.8 Å². The molecule has 0 saturated heterocycles. The summed E-state index contributed by atoms with van der Waals surface area (Å²) in [5, 5.41) is 2.38. The molecule has 0 saturated carbocycles. The molecule has 7 nitrogen and oxygen atoms in total. The van der Waals surface area contributed by atoms with Gasteiger partial charge in [0.1, 0.15) is 0 Å². The molecule has 2 unspecified atom stereocenters. The van der Waals surface area contributed by atoms with Crippen molar-refractivity contribution in [2.24, 2.45) is 5.41 Å². The van der Waals surface area contributed by atoms with Crippen molar-refractivity contribution in [3.63, 3.8) is 0 Å². The fourth-order valence-electron chi connectivity index (χ4n) is 0.930. The molecule has 19 heavy (non-hydrogen) atoms. The summed E-state index contributed by atoms with van der Waals surface area (Å²) in [7, 11) is 0. The summed E-state index contributed by atoms with van der Waals surface area (Å²) in [6, 6.07) is 0. The van der Waals surface area contributed by atoms with Crippen LogP contribution in [0.15, 0.2) is 0 Å². The summed E-state index contributed by atoms with van der Waals surface area (Å²) in [4.78, 5) is 22.8. The molecule has 2 atom stereocenters. The van der Waals surface area contributed by atoms with Crippen LogP contribution in [0.4, 0.5) is 4.79 Å². The van der Waals surface area contributed by atoms with Crippen molar-refractivity contribution in [2.45, 2.75) is 40.4 Å². The maximum absolute atomic E-state index is 11.5. The maximum atomic E-state index is 11.5. The smallest absolute Gasteiger partial charge is 0.410 e. The van der Waals surface area contributed by atoms with Gasteiger partial charge >= 0.3 is 12.1 Å². The first-order chi connectivity index (χ1) is 8.62. The van der Waals surface area contributed by atoms with Gasteiger partial charge in [-0.3, -0.25) is 4.79 Å². The van der Waals surface area contributed by atoms with Crippen LogP contribution in [0.1, 0.15) is 34.1 Å². The van der Waals surface area contributed by atoms with Crippen LogP contribution in [0.3, 0.4) is 0 Å².